The van der Waals surface area contributed by atoms with Crippen molar-refractivity contribution in [1.82, 2.24) is 0 Å². The minimum absolute atomic E-state index is 0.184. The van der Waals surface area contributed by atoms with Crippen molar-refractivity contribution in [3.8, 4) is 11.8 Å². The van der Waals surface area contributed by atoms with Gasteiger partial charge in [0.2, 0.25) is 0 Å². The number of aliphatic hydroxyl groups excluding tert-OH is 1. The molecule has 1 unspecified atom stereocenters. The lowest BCUT2D eigenvalue weighted by Crippen LogP contribution is -2.18. The molecule has 1 aromatic rings. The molecule has 0 radical (unpaired) electrons. The molecule has 0 bridgehead atoms. The van der Waals surface area contributed by atoms with Crippen LogP contribution in [0.15, 0.2) is 24.3 Å². The SMILES string of the molecule is N#Cc1ccccc1OCC(O)CBr. The second kappa shape index (κ2) is 5.63. The fourth-order valence-electron chi connectivity index (χ4n) is 0.915. The first-order valence-electron chi connectivity index (χ1n) is 4.14. The van der Waals surface area contributed by atoms with E-state index in [0.29, 0.717) is 16.6 Å². The number of para-hydroxylation sites is 1. The third kappa shape index (κ3) is 3.02. The van der Waals surface area contributed by atoms with Crippen molar-refractivity contribution in [2.75, 3.05) is 11.9 Å². The molecule has 1 atom stereocenters. The number of aliphatic hydroxyl groups is 1. The molecule has 0 heterocycles. The van der Waals surface area contributed by atoms with Gasteiger partial charge in [0.15, 0.2) is 0 Å². The van der Waals surface area contributed by atoms with Crippen LogP contribution in [0.4, 0.5) is 0 Å². The Morgan fingerprint density at radius 3 is 2.86 bits per heavy atom. The van der Waals surface area contributed by atoms with Crippen LogP contribution in [-0.4, -0.2) is 23.1 Å². The molecule has 14 heavy (non-hydrogen) atoms. The van der Waals surface area contributed by atoms with Gasteiger partial charge < -0.3 is 9.84 Å². The predicted molar refractivity (Wildman–Crippen MR) is 56.5 cm³/mol. The standard InChI is InChI=1S/C10H10BrNO2/c11-5-9(13)7-14-10-4-2-1-3-8(10)6-12/h1-4,9,13H,5,7H2. The Balaban J connectivity index is 2.63. The van der Waals surface area contributed by atoms with Crippen LogP contribution >= 0.6 is 15.9 Å². The summed E-state index contributed by atoms with van der Waals surface area (Å²) in [4.78, 5) is 0. The maximum atomic E-state index is 9.23. The smallest absolute Gasteiger partial charge is 0.137 e. The lowest BCUT2D eigenvalue weighted by molar-refractivity contribution is 0.127. The third-order valence-electron chi connectivity index (χ3n) is 1.62. The maximum absolute atomic E-state index is 9.23. The van der Waals surface area contributed by atoms with E-state index in [9.17, 15) is 5.11 Å². The molecule has 0 amide bonds. The number of halogens is 1. The number of ether oxygens (including phenoxy) is 1. The average molecular weight is 256 g/mol. The highest BCUT2D eigenvalue weighted by atomic mass is 79.9. The molecular weight excluding hydrogens is 246 g/mol. The van der Waals surface area contributed by atoms with Gasteiger partial charge in [0.25, 0.3) is 0 Å². The zero-order valence-electron chi connectivity index (χ0n) is 7.48. The van der Waals surface area contributed by atoms with E-state index in [1.165, 1.54) is 0 Å². The fraction of sp³-hybridized carbons (Fsp3) is 0.300. The topological polar surface area (TPSA) is 53.2 Å². The Kier molecular flexibility index (Phi) is 4.44. The van der Waals surface area contributed by atoms with E-state index in [1.807, 2.05) is 6.07 Å². The number of rotatable bonds is 4. The van der Waals surface area contributed by atoms with Gasteiger partial charge in [0.05, 0.1) is 11.7 Å². The van der Waals surface area contributed by atoms with Crippen molar-refractivity contribution >= 4 is 15.9 Å². The summed E-state index contributed by atoms with van der Waals surface area (Å²) >= 11 is 3.13. The van der Waals surface area contributed by atoms with Crippen molar-refractivity contribution < 1.29 is 9.84 Å². The Morgan fingerprint density at radius 2 is 2.21 bits per heavy atom. The van der Waals surface area contributed by atoms with Gasteiger partial charge in [-0.2, -0.15) is 5.26 Å². The first-order valence-corrected chi connectivity index (χ1v) is 5.26. The van der Waals surface area contributed by atoms with Crippen molar-refractivity contribution in [1.29, 1.82) is 5.26 Å². The molecule has 1 aromatic carbocycles. The molecule has 0 saturated carbocycles. The fourth-order valence-corrected chi connectivity index (χ4v) is 1.10. The summed E-state index contributed by atoms with van der Waals surface area (Å²) in [6.07, 6.45) is -0.554. The van der Waals surface area contributed by atoms with Gasteiger partial charge in [-0.25, -0.2) is 0 Å². The molecule has 0 aliphatic heterocycles. The maximum Gasteiger partial charge on any atom is 0.137 e. The molecule has 3 nitrogen and oxygen atoms in total. The summed E-state index contributed by atoms with van der Waals surface area (Å²) in [5.74, 6) is 0.509. The number of nitriles is 1. The van der Waals surface area contributed by atoms with E-state index in [4.69, 9.17) is 10.00 Å². The summed E-state index contributed by atoms with van der Waals surface area (Å²) in [7, 11) is 0. The van der Waals surface area contributed by atoms with Crippen molar-refractivity contribution in [2.24, 2.45) is 0 Å². The molecule has 1 N–H and O–H groups in total. The predicted octanol–water partition coefficient (Wildman–Crippen LogP) is 1.69. The van der Waals surface area contributed by atoms with Gasteiger partial charge in [0, 0.05) is 5.33 Å². The molecule has 0 saturated heterocycles. The molecule has 0 spiro atoms. The number of alkyl halides is 1. The van der Waals surface area contributed by atoms with Crippen LogP contribution in [0.1, 0.15) is 5.56 Å². The molecular formula is C10H10BrNO2. The van der Waals surface area contributed by atoms with E-state index in [1.54, 1.807) is 24.3 Å². The summed E-state index contributed by atoms with van der Waals surface area (Å²) in [6.45, 7) is 0.184. The third-order valence-corrected chi connectivity index (χ3v) is 2.36. The minimum Gasteiger partial charge on any atom is -0.489 e. The number of nitrogens with zero attached hydrogens (tertiary/aromatic N) is 1. The zero-order valence-corrected chi connectivity index (χ0v) is 9.07. The van der Waals surface area contributed by atoms with E-state index < -0.39 is 6.10 Å². The van der Waals surface area contributed by atoms with E-state index in [2.05, 4.69) is 15.9 Å². The van der Waals surface area contributed by atoms with Crippen LogP contribution in [-0.2, 0) is 0 Å². The first kappa shape index (κ1) is 11.0. The van der Waals surface area contributed by atoms with Crippen LogP contribution in [0, 0.1) is 11.3 Å². The molecule has 0 aromatic heterocycles. The van der Waals surface area contributed by atoms with Crippen molar-refractivity contribution in [3.63, 3.8) is 0 Å². The van der Waals surface area contributed by atoms with Gasteiger partial charge in [-0.15, -0.1) is 0 Å². The minimum atomic E-state index is -0.554. The number of hydrogen-bond donors (Lipinski definition) is 1. The summed E-state index contributed by atoms with van der Waals surface area (Å²) in [6, 6.07) is 8.96. The second-order valence-electron chi connectivity index (χ2n) is 2.73. The molecule has 0 aliphatic rings. The lowest BCUT2D eigenvalue weighted by atomic mass is 10.2. The zero-order chi connectivity index (χ0) is 10.4. The van der Waals surface area contributed by atoms with Crippen LogP contribution in [0.5, 0.6) is 5.75 Å². The lowest BCUT2D eigenvalue weighted by Gasteiger charge is -2.10. The summed E-state index contributed by atoms with van der Waals surface area (Å²) in [5, 5.41) is 18.4. The molecule has 0 aliphatic carbocycles. The molecule has 1 rings (SSSR count). The van der Waals surface area contributed by atoms with Crippen LogP contribution < -0.4 is 4.74 Å². The normalized spacial score (nSPS) is 11.8. The monoisotopic (exact) mass is 255 g/mol. The highest BCUT2D eigenvalue weighted by Crippen LogP contribution is 2.16. The highest BCUT2D eigenvalue weighted by molar-refractivity contribution is 9.09. The number of hydrogen-bond acceptors (Lipinski definition) is 3. The molecule has 4 heteroatoms. The Bertz CT molecular complexity index is 335. The summed E-state index contributed by atoms with van der Waals surface area (Å²) in [5.41, 5.74) is 0.481. The molecule has 0 fully saturated rings. The largest absolute Gasteiger partial charge is 0.489 e. The first-order chi connectivity index (χ1) is 6.77. The van der Waals surface area contributed by atoms with Gasteiger partial charge in [-0.1, -0.05) is 28.1 Å². The van der Waals surface area contributed by atoms with E-state index in [-0.39, 0.29) is 6.61 Å². The molecule has 74 valence electrons. The Morgan fingerprint density at radius 1 is 1.50 bits per heavy atom. The van der Waals surface area contributed by atoms with E-state index in [0.717, 1.165) is 0 Å². The number of benzene rings is 1. The van der Waals surface area contributed by atoms with Gasteiger partial charge in [-0.3, -0.25) is 0 Å². The van der Waals surface area contributed by atoms with Crippen molar-refractivity contribution in [3.05, 3.63) is 29.8 Å². The quantitative estimate of drug-likeness (QED) is 0.834. The Hall–Kier alpha value is -1.05. The van der Waals surface area contributed by atoms with Crippen molar-refractivity contribution in [2.45, 2.75) is 6.10 Å². The van der Waals surface area contributed by atoms with Gasteiger partial charge >= 0.3 is 0 Å². The summed E-state index contributed by atoms with van der Waals surface area (Å²) < 4.78 is 5.28. The van der Waals surface area contributed by atoms with Crippen LogP contribution in [0.2, 0.25) is 0 Å². The average Bonchev–Trinajstić information content (AvgIpc) is 2.26. The van der Waals surface area contributed by atoms with Crippen LogP contribution in [0.3, 0.4) is 0 Å². The van der Waals surface area contributed by atoms with Crippen LogP contribution in [0.25, 0.3) is 0 Å². The van der Waals surface area contributed by atoms with Gasteiger partial charge in [-0.05, 0) is 12.1 Å². The van der Waals surface area contributed by atoms with E-state index >= 15 is 0 Å². The Labute approximate surface area is 91.1 Å². The van der Waals surface area contributed by atoms with Gasteiger partial charge in [0.1, 0.15) is 18.4 Å². The highest BCUT2D eigenvalue weighted by Gasteiger charge is 2.05. The second-order valence-corrected chi connectivity index (χ2v) is 3.37.